The third-order valence-electron chi connectivity index (χ3n) is 3.85. The Morgan fingerprint density at radius 2 is 1.78 bits per heavy atom. The predicted octanol–water partition coefficient (Wildman–Crippen LogP) is 3.65. The molecule has 0 amide bonds. The van der Waals surface area contributed by atoms with Crippen LogP contribution in [-0.4, -0.2) is 26.0 Å². The van der Waals surface area contributed by atoms with Gasteiger partial charge < -0.3 is 18.9 Å². The molecule has 0 atom stereocenters. The molecule has 0 spiro atoms. The van der Waals surface area contributed by atoms with Crippen LogP contribution in [0.4, 0.5) is 0 Å². The zero-order chi connectivity index (χ0) is 15.8. The fraction of sp³-hybridized carbons (Fsp3) is 0.167. The minimum Gasteiger partial charge on any atom is -0.497 e. The highest BCUT2D eigenvalue weighted by atomic mass is 16.7. The first-order chi connectivity index (χ1) is 11.3. The lowest BCUT2D eigenvalue weighted by Gasteiger charge is -2.10. The number of nitrogens with zero attached hydrogens (tertiary/aromatic N) is 1. The minimum atomic E-state index is 0.261. The molecule has 0 radical (unpaired) electrons. The second-order valence-corrected chi connectivity index (χ2v) is 5.17. The molecule has 5 heteroatoms. The highest BCUT2D eigenvalue weighted by molar-refractivity contribution is 5.88. The molecule has 0 fully saturated rings. The van der Waals surface area contributed by atoms with Crippen molar-refractivity contribution in [1.82, 2.24) is 4.98 Å². The topological polar surface area (TPSA) is 49.8 Å². The molecular weight excluding hydrogens is 294 g/mol. The molecule has 3 aromatic rings. The van der Waals surface area contributed by atoms with E-state index in [-0.39, 0.29) is 6.79 Å². The van der Waals surface area contributed by atoms with Crippen molar-refractivity contribution in [3.05, 3.63) is 42.5 Å². The van der Waals surface area contributed by atoms with Gasteiger partial charge in [0.05, 0.1) is 19.9 Å². The molecule has 0 bridgehead atoms. The summed E-state index contributed by atoms with van der Waals surface area (Å²) in [5.74, 6) is 2.93. The van der Waals surface area contributed by atoms with Crippen LogP contribution in [0, 0.1) is 0 Å². The first-order valence-electron chi connectivity index (χ1n) is 7.21. The number of ether oxygens (including phenoxy) is 4. The molecule has 2 heterocycles. The lowest BCUT2D eigenvalue weighted by Crippen LogP contribution is -1.93. The lowest BCUT2D eigenvalue weighted by atomic mass is 10.1. The zero-order valence-corrected chi connectivity index (χ0v) is 12.8. The number of hydrogen-bond donors (Lipinski definition) is 0. The van der Waals surface area contributed by atoms with Gasteiger partial charge in [-0.1, -0.05) is 6.07 Å². The largest absolute Gasteiger partial charge is 0.497 e. The number of rotatable bonds is 3. The van der Waals surface area contributed by atoms with Crippen LogP contribution in [0.5, 0.6) is 23.0 Å². The maximum atomic E-state index is 5.45. The van der Waals surface area contributed by atoms with Crippen LogP contribution in [0.2, 0.25) is 0 Å². The van der Waals surface area contributed by atoms with E-state index in [0.717, 1.165) is 39.4 Å². The van der Waals surface area contributed by atoms with E-state index >= 15 is 0 Å². The molecule has 5 nitrogen and oxygen atoms in total. The molecular formula is C18H15NO4. The third-order valence-corrected chi connectivity index (χ3v) is 3.85. The van der Waals surface area contributed by atoms with Gasteiger partial charge in [0.1, 0.15) is 17.0 Å². The van der Waals surface area contributed by atoms with E-state index in [1.165, 1.54) is 0 Å². The summed E-state index contributed by atoms with van der Waals surface area (Å²) in [5.41, 5.74) is 2.61. The average Bonchev–Trinajstić information content (AvgIpc) is 3.07. The monoisotopic (exact) mass is 309 g/mol. The Kier molecular flexibility index (Phi) is 3.19. The van der Waals surface area contributed by atoms with Gasteiger partial charge in [-0.05, 0) is 30.3 Å². The SMILES string of the molecule is COc1cc(OC)c2nc(-c3ccc4c(c3)OCO4)ccc2c1. The molecule has 4 rings (SSSR count). The van der Waals surface area contributed by atoms with Crippen LogP contribution in [0.25, 0.3) is 22.2 Å². The van der Waals surface area contributed by atoms with Crippen LogP contribution < -0.4 is 18.9 Å². The molecule has 1 aliphatic heterocycles. The third kappa shape index (κ3) is 2.30. The fourth-order valence-electron chi connectivity index (χ4n) is 2.67. The van der Waals surface area contributed by atoms with Crippen molar-refractivity contribution < 1.29 is 18.9 Å². The van der Waals surface area contributed by atoms with Gasteiger partial charge in [-0.15, -0.1) is 0 Å². The van der Waals surface area contributed by atoms with Gasteiger partial charge in [0.15, 0.2) is 11.5 Å². The molecule has 0 unspecified atom stereocenters. The first-order valence-corrected chi connectivity index (χ1v) is 7.21. The van der Waals surface area contributed by atoms with Crippen molar-refractivity contribution in [2.24, 2.45) is 0 Å². The summed E-state index contributed by atoms with van der Waals surface area (Å²) in [7, 11) is 3.26. The molecule has 116 valence electrons. The van der Waals surface area contributed by atoms with E-state index in [9.17, 15) is 0 Å². The van der Waals surface area contributed by atoms with E-state index in [0.29, 0.717) is 5.75 Å². The van der Waals surface area contributed by atoms with Gasteiger partial charge in [-0.2, -0.15) is 0 Å². The molecule has 0 saturated carbocycles. The van der Waals surface area contributed by atoms with Crippen molar-refractivity contribution in [3.8, 4) is 34.3 Å². The summed E-state index contributed by atoms with van der Waals surface area (Å²) in [5, 5.41) is 0.964. The summed E-state index contributed by atoms with van der Waals surface area (Å²) in [6.07, 6.45) is 0. The number of methoxy groups -OCH3 is 2. The quantitative estimate of drug-likeness (QED) is 0.739. The molecule has 1 aliphatic rings. The lowest BCUT2D eigenvalue weighted by molar-refractivity contribution is 0.174. The van der Waals surface area contributed by atoms with Crippen LogP contribution in [0.3, 0.4) is 0 Å². The van der Waals surface area contributed by atoms with Gasteiger partial charge in [-0.25, -0.2) is 4.98 Å². The highest BCUT2D eigenvalue weighted by Crippen LogP contribution is 2.37. The number of aromatic nitrogens is 1. The molecule has 23 heavy (non-hydrogen) atoms. The van der Waals surface area contributed by atoms with E-state index in [1.54, 1.807) is 14.2 Å². The summed E-state index contributed by atoms with van der Waals surface area (Å²) >= 11 is 0. The van der Waals surface area contributed by atoms with Crippen molar-refractivity contribution in [2.45, 2.75) is 0 Å². The highest BCUT2D eigenvalue weighted by Gasteiger charge is 2.15. The van der Waals surface area contributed by atoms with Crippen LogP contribution in [0.15, 0.2) is 42.5 Å². The number of pyridine rings is 1. The van der Waals surface area contributed by atoms with Gasteiger partial charge in [0.2, 0.25) is 6.79 Å². The van der Waals surface area contributed by atoms with Crippen molar-refractivity contribution in [3.63, 3.8) is 0 Å². The number of hydrogen-bond acceptors (Lipinski definition) is 5. The molecule has 1 aromatic heterocycles. The standard InChI is InChI=1S/C18H15NO4/c1-20-13-7-12-3-5-14(19-18(12)17(9-13)21-2)11-4-6-15-16(8-11)23-10-22-15/h3-9H,10H2,1-2H3. The minimum absolute atomic E-state index is 0.261. The summed E-state index contributed by atoms with van der Waals surface area (Å²) in [4.78, 5) is 4.74. The Bertz CT molecular complexity index is 892. The van der Waals surface area contributed by atoms with E-state index in [4.69, 9.17) is 23.9 Å². The number of fused-ring (bicyclic) bond motifs is 2. The van der Waals surface area contributed by atoms with Gasteiger partial charge in [-0.3, -0.25) is 0 Å². The van der Waals surface area contributed by atoms with E-state index < -0.39 is 0 Å². The molecule has 0 N–H and O–H groups in total. The maximum Gasteiger partial charge on any atom is 0.231 e. The Hall–Kier alpha value is -2.95. The van der Waals surface area contributed by atoms with Crippen molar-refractivity contribution >= 4 is 10.9 Å². The maximum absolute atomic E-state index is 5.45. The second kappa shape index (κ2) is 5.35. The van der Waals surface area contributed by atoms with Crippen LogP contribution in [-0.2, 0) is 0 Å². The smallest absolute Gasteiger partial charge is 0.231 e. The summed E-state index contributed by atoms with van der Waals surface area (Å²) in [6.45, 7) is 0.261. The normalized spacial score (nSPS) is 12.4. The van der Waals surface area contributed by atoms with Gasteiger partial charge in [0, 0.05) is 17.0 Å². The first kappa shape index (κ1) is 13.7. The van der Waals surface area contributed by atoms with Crippen LogP contribution >= 0.6 is 0 Å². The average molecular weight is 309 g/mol. The van der Waals surface area contributed by atoms with Gasteiger partial charge in [0.25, 0.3) is 0 Å². The molecule has 2 aromatic carbocycles. The van der Waals surface area contributed by atoms with E-state index in [1.807, 2.05) is 42.5 Å². The number of benzene rings is 2. The van der Waals surface area contributed by atoms with E-state index in [2.05, 4.69) is 0 Å². The molecule has 0 aliphatic carbocycles. The Labute approximate surface area is 133 Å². The second-order valence-electron chi connectivity index (χ2n) is 5.17. The van der Waals surface area contributed by atoms with Crippen LogP contribution in [0.1, 0.15) is 0 Å². The van der Waals surface area contributed by atoms with Gasteiger partial charge >= 0.3 is 0 Å². The summed E-state index contributed by atoms with van der Waals surface area (Å²) < 4.78 is 21.5. The zero-order valence-electron chi connectivity index (χ0n) is 12.8. The Balaban J connectivity index is 1.85. The van der Waals surface area contributed by atoms with Crippen molar-refractivity contribution in [1.29, 1.82) is 0 Å². The summed E-state index contributed by atoms with van der Waals surface area (Å²) in [6, 6.07) is 13.6. The van der Waals surface area contributed by atoms with Crippen molar-refractivity contribution in [2.75, 3.05) is 21.0 Å². The molecule has 0 saturated heterocycles. The predicted molar refractivity (Wildman–Crippen MR) is 86.4 cm³/mol. The fourth-order valence-corrected chi connectivity index (χ4v) is 2.67. The Morgan fingerprint density at radius 1 is 0.913 bits per heavy atom. The Morgan fingerprint density at radius 3 is 2.61 bits per heavy atom.